The molecule has 0 radical (unpaired) electrons. The average molecular weight is 359 g/mol. The predicted octanol–water partition coefficient (Wildman–Crippen LogP) is 3.43. The highest BCUT2D eigenvalue weighted by Gasteiger charge is 2.22. The van der Waals surface area contributed by atoms with Gasteiger partial charge in [-0.25, -0.2) is 4.98 Å². The topological polar surface area (TPSA) is 107 Å². The van der Waals surface area contributed by atoms with Crippen molar-refractivity contribution >= 4 is 50.7 Å². The molecule has 1 aromatic carbocycles. The fourth-order valence-corrected chi connectivity index (χ4v) is 2.16. The lowest BCUT2D eigenvalue weighted by molar-refractivity contribution is -0.385. The highest BCUT2D eigenvalue weighted by molar-refractivity contribution is 9.10. The van der Waals surface area contributed by atoms with Crippen LogP contribution in [0.25, 0.3) is 0 Å². The standard InChI is InChI=1S/C11H9BrClN5O2/c1-5-9(18(19)20)10(17-11(14)15-5)16-7-4-2-3-6(13)8(7)12/h2-4H,1H3,(H3,14,15,16,17). The number of aryl methyl sites for hydroxylation is 1. The second-order valence-electron chi connectivity index (χ2n) is 3.85. The van der Waals surface area contributed by atoms with Crippen molar-refractivity contribution in [2.24, 2.45) is 0 Å². The summed E-state index contributed by atoms with van der Waals surface area (Å²) in [4.78, 5) is 18.2. The van der Waals surface area contributed by atoms with Crippen LogP contribution in [0.1, 0.15) is 5.69 Å². The molecule has 0 bridgehead atoms. The Kier molecular flexibility index (Phi) is 4.05. The van der Waals surface area contributed by atoms with E-state index in [1.807, 2.05) is 0 Å². The SMILES string of the molecule is Cc1nc(N)nc(Nc2cccc(Cl)c2Br)c1[N+](=O)[O-]. The minimum absolute atomic E-state index is 0.0166. The van der Waals surface area contributed by atoms with Crippen LogP contribution in [-0.2, 0) is 0 Å². The first kappa shape index (κ1) is 14.5. The summed E-state index contributed by atoms with van der Waals surface area (Å²) in [6.07, 6.45) is 0. The van der Waals surface area contributed by atoms with Crippen LogP contribution < -0.4 is 11.1 Å². The van der Waals surface area contributed by atoms with Crippen molar-refractivity contribution in [1.29, 1.82) is 0 Å². The normalized spacial score (nSPS) is 10.3. The minimum Gasteiger partial charge on any atom is -0.368 e. The number of nitrogens with one attached hydrogen (secondary N) is 1. The molecule has 0 aliphatic heterocycles. The van der Waals surface area contributed by atoms with Gasteiger partial charge in [-0.2, -0.15) is 4.98 Å². The number of nitrogen functional groups attached to an aromatic ring is 1. The number of halogens is 2. The molecule has 2 aromatic rings. The predicted molar refractivity (Wildman–Crippen MR) is 80.3 cm³/mol. The lowest BCUT2D eigenvalue weighted by Gasteiger charge is -2.10. The van der Waals surface area contributed by atoms with E-state index in [0.29, 0.717) is 15.2 Å². The first-order valence-electron chi connectivity index (χ1n) is 5.39. The van der Waals surface area contributed by atoms with Gasteiger partial charge in [0.05, 0.1) is 20.1 Å². The van der Waals surface area contributed by atoms with Gasteiger partial charge in [-0.05, 0) is 35.0 Å². The number of hydrogen-bond acceptors (Lipinski definition) is 6. The molecule has 3 N–H and O–H groups in total. The monoisotopic (exact) mass is 357 g/mol. The zero-order chi connectivity index (χ0) is 14.9. The van der Waals surface area contributed by atoms with E-state index in [9.17, 15) is 10.1 Å². The third kappa shape index (κ3) is 2.81. The molecule has 104 valence electrons. The minimum atomic E-state index is -0.560. The van der Waals surface area contributed by atoms with Crippen LogP contribution in [-0.4, -0.2) is 14.9 Å². The van der Waals surface area contributed by atoms with E-state index in [1.165, 1.54) is 6.92 Å². The maximum Gasteiger partial charge on any atom is 0.332 e. The van der Waals surface area contributed by atoms with Gasteiger partial charge in [0.2, 0.25) is 11.8 Å². The molecule has 0 aliphatic rings. The van der Waals surface area contributed by atoms with Crippen LogP contribution in [0, 0.1) is 17.0 Å². The number of benzene rings is 1. The fraction of sp³-hybridized carbons (Fsp3) is 0.0909. The molecule has 2 rings (SSSR count). The summed E-state index contributed by atoms with van der Waals surface area (Å²) in [6, 6.07) is 5.09. The average Bonchev–Trinajstić information content (AvgIpc) is 2.33. The van der Waals surface area contributed by atoms with Gasteiger partial charge >= 0.3 is 5.69 Å². The van der Waals surface area contributed by atoms with Crippen LogP contribution in [0.4, 0.5) is 23.1 Å². The summed E-state index contributed by atoms with van der Waals surface area (Å²) in [5.74, 6) is -0.0308. The fourth-order valence-electron chi connectivity index (χ4n) is 1.62. The molecule has 7 nitrogen and oxygen atoms in total. The Morgan fingerprint density at radius 2 is 2.15 bits per heavy atom. The Morgan fingerprint density at radius 3 is 2.80 bits per heavy atom. The number of nitrogens with two attached hydrogens (primary N) is 1. The van der Waals surface area contributed by atoms with Crippen molar-refractivity contribution in [3.8, 4) is 0 Å². The lowest BCUT2D eigenvalue weighted by Crippen LogP contribution is -2.07. The van der Waals surface area contributed by atoms with Crippen molar-refractivity contribution in [1.82, 2.24) is 9.97 Å². The maximum absolute atomic E-state index is 11.1. The molecule has 9 heteroatoms. The number of anilines is 3. The van der Waals surface area contributed by atoms with Gasteiger partial charge < -0.3 is 11.1 Å². The number of aromatic nitrogens is 2. The summed E-state index contributed by atoms with van der Waals surface area (Å²) in [6.45, 7) is 1.49. The second kappa shape index (κ2) is 5.59. The smallest absolute Gasteiger partial charge is 0.332 e. The second-order valence-corrected chi connectivity index (χ2v) is 5.05. The molecule has 0 aliphatic carbocycles. The molecule has 1 aromatic heterocycles. The summed E-state index contributed by atoms with van der Waals surface area (Å²) < 4.78 is 0.575. The van der Waals surface area contributed by atoms with Gasteiger partial charge in [-0.3, -0.25) is 10.1 Å². The number of rotatable bonds is 3. The molecule has 0 saturated heterocycles. The Balaban J connectivity index is 2.53. The molecule has 0 fully saturated rings. The molecular weight excluding hydrogens is 350 g/mol. The molecule has 0 amide bonds. The molecule has 0 atom stereocenters. The number of nitrogens with zero attached hydrogens (tertiary/aromatic N) is 3. The van der Waals surface area contributed by atoms with E-state index in [1.54, 1.807) is 18.2 Å². The van der Waals surface area contributed by atoms with Gasteiger partial charge in [0.25, 0.3) is 0 Å². The van der Waals surface area contributed by atoms with Crippen molar-refractivity contribution in [3.63, 3.8) is 0 Å². The van der Waals surface area contributed by atoms with E-state index in [0.717, 1.165) is 0 Å². The molecule has 20 heavy (non-hydrogen) atoms. The molecule has 0 unspecified atom stereocenters. The molecule has 0 spiro atoms. The quantitative estimate of drug-likeness (QED) is 0.643. The first-order valence-corrected chi connectivity index (χ1v) is 6.56. The molecule has 1 heterocycles. The van der Waals surface area contributed by atoms with Crippen molar-refractivity contribution in [2.45, 2.75) is 6.92 Å². The van der Waals surface area contributed by atoms with E-state index in [2.05, 4.69) is 31.2 Å². The van der Waals surface area contributed by atoms with Gasteiger partial charge in [0, 0.05) is 0 Å². The zero-order valence-corrected chi connectivity index (χ0v) is 12.6. The number of hydrogen-bond donors (Lipinski definition) is 2. The van der Waals surface area contributed by atoms with Gasteiger partial charge in [0.1, 0.15) is 5.69 Å². The Bertz CT molecular complexity index is 695. The van der Waals surface area contributed by atoms with Crippen LogP contribution in [0.5, 0.6) is 0 Å². The van der Waals surface area contributed by atoms with Gasteiger partial charge in [-0.15, -0.1) is 0 Å². The summed E-state index contributed by atoms with van der Waals surface area (Å²) in [7, 11) is 0. The highest BCUT2D eigenvalue weighted by Crippen LogP contribution is 2.35. The lowest BCUT2D eigenvalue weighted by atomic mass is 10.3. The molecule has 0 saturated carbocycles. The Labute approximate surface area is 127 Å². The summed E-state index contributed by atoms with van der Waals surface area (Å²) >= 11 is 9.26. The largest absolute Gasteiger partial charge is 0.368 e. The van der Waals surface area contributed by atoms with E-state index in [-0.39, 0.29) is 23.1 Å². The first-order chi connectivity index (χ1) is 9.40. The van der Waals surface area contributed by atoms with Crippen molar-refractivity contribution in [2.75, 3.05) is 11.1 Å². The van der Waals surface area contributed by atoms with E-state index in [4.69, 9.17) is 17.3 Å². The van der Waals surface area contributed by atoms with Crippen molar-refractivity contribution < 1.29 is 4.92 Å². The third-order valence-corrected chi connectivity index (χ3v) is 3.86. The van der Waals surface area contributed by atoms with Crippen LogP contribution in [0.15, 0.2) is 22.7 Å². The third-order valence-electron chi connectivity index (χ3n) is 2.46. The number of nitro groups is 1. The van der Waals surface area contributed by atoms with Crippen molar-refractivity contribution in [3.05, 3.63) is 43.5 Å². The summed E-state index contributed by atoms with van der Waals surface area (Å²) in [5.41, 5.74) is 6.02. The highest BCUT2D eigenvalue weighted by atomic mass is 79.9. The van der Waals surface area contributed by atoms with E-state index >= 15 is 0 Å². The summed E-state index contributed by atoms with van der Waals surface area (Å²) in [5, 5.41) is 14.4. The van der Waals surface area contributed by atoms with Crippen LogP contribution in [0.2, 0.25) is 5.02 Å². The zero-order valence-electron chi connectivity index (χ0n) is 10.2. The maximum atomic E-state index is 11.1. The van der Waals surface area contributed by atoms with E-state index < -0.39 is 4.92 Å². The van der Waals surface area contributed by atoms with Gasteiger partial charge in [-0.1, -0.05) is 17.7 Å². The van der Waals surface area contributed by atoms with Crippen LogP contribution in [0.3, 0.4) is 0 Å². The molecular formula is C11H9BrClN5O2. The van der Waals surface area contributed by atoms with Gasteiger partial charge in [0.15, 0.2) is 0 Å². The Morgan fingerprint density at radius 1 is 1.45 bits per heavy atom. The Hall–Kier alpha value is -1.93. The van der Waals surface area contributed by atoms with Crippen LogP contribution >= 0.6 is 27.5 Å².